The molecule has 4 rings (SSSR count). The van der Waals surface area contributed by atoms with Crippen molar-refractivity contribution in [1.29, 1.82) is 5.26 Å². The first-order valence-corrected chi connectivity index (χ1v) is 9.75. The van der Waals surface area contributed by atoms with Crippen LogP contribution in [0.3, 0.4) is 0 Å². The van der Waals surface area contributed by atoms with E-state index >= 15 is 0 Å². The van der Waals surface area contributed by atoms with Crippen LogP contribution in [0, 0.1) is 11.3 Å². The van der Waals surface area contributed by atoms with Gasteiger partial charge in [0, 0.05) is 5.56 Å². The molecular weight excluding hydrogens is 364 g/mol. The molecular formula is C19H14N4O3S. The minimum absolute atomic E-state index is 0.0518. The number of nitriles is 1. The summed E-state index contributed by atoms with van der Waals surface area (Å²) in [6.45, 7) is 1.99. The van der Waals surface area contributed by atoms with Gasteiger partial charge in [-0.2, -0.15) is 18.1 Å². The van der Waals surface area contributed by atoms with Crippen LogP contribution in [0.2, 0.25) is 0 Å². The Hall–Kier alpha value is -3.31. The zero-order valence-corrected chi connectivity index (χ0v) is 15.1. The van der Waals surface area contributed by atoms with Crippen LogP contribution < -0.4 is 5.56 Å². The summed E-state index contributed by atoms with van der Waals surface area (Å²) >= 11 is 0. The molecule has 2 aromatic carbocycles. The Bertz CT molecular complexity index is 1320. The van der Waals surface area contributed by atoms with Gasteiger partial charge in [0.25, 0.3) is 15.6 Å². The average molecular weight is 378 g/mol. The van der Waals surface area contributed by atoms with E-state index in [4.69, 9.17) is 0 Å². The van der Waals surface area contributed by atoms with E-state index in [-0.39, 0.29) is 22.0 Å². The monoisotopic (exact) mass is 378 g/mol. The van der Waals surface area contributed by atoms with E-state index in [9.17, 15) is 18.5 Å². The van der Waals surface area contributed by atoms with Crippen molar-refractivity contribution in [2.45, 2.75) is 24.2 Å². The van der Waals surface area contributed by atoms with Gasteiger partial charge in [0.05, 0.1) is 27.6 Å². The predicted molar refractivity (Wildman–Crippen MR) is 100 cm³/mol. The highest BCUT2D eigenvalue weighted by Gasteiger charge is 2.34. The second-order valence-electron chi connectivity index (χ2n) is 6.17. The largest absolute Gasteiger partial charge is 0.309 e. The van der Waals surface area contributed by atoms with Gasteiger partial charge >= 0.3 is 0 Å². The summed E-state index contributed by atoms with van der Waals surface area (Å²) in [5.74, 6) is -1.03. The van der Waals surface area contributed by atoms with E-state index < -0.39 is 15.9 Å². The SMILES string of the molecule is CCc1ccc2nc([C@@H](C#N)C3=NS(=O)(=O)c4ccccc43)[nH]c(=O)c2c1. The maximum absolute atomic E-state index is 12.5. The number of nitrogens with zero attached hydrogens (tertiary/aromatic N) is 3. The van der Waals surface area contributed by atoms with Gasteiger partial charge in [-0.15, -0.1) is 0 Å². The van der Waals surface area contributed by atoms with Crippen LogP contribution in [0.1, 0.15) is 29.8 Å². The summed E-state index contributed by atoms with van der Waals surface area (Å²) in [4.78, 5) is 19.6. The summed E-state index contributed by atoms with van der Waals surface area (Å²) < 4.78 is 28.3. The van der Waals surface area contributed by atoms with Crippen LogP contribution in [0.5, 0.6) is 0 Å². The highest BCUT2D eigenvalue weighted by molar-refractivity contribution is 7.90. The van der Waals surface area contributed by atoms with E-state index in [2.05, 4.69) is 14.4 Å². The molecule has 7 nitrogen and oxygen atoms in total. The Morgan fingerprint density at radius 1 is 1.22 bits per heavy atom. The lowest BCUT2D eigenvalue weighted by Gasteiger charge is -2.10. The fourth-order valence-corrected chi connectivity index (χ4v) is 4.41. The molecule has 1 aromatic heterocycles. The number of hydrogen-bond donors (Lipinski definition) is 1. The lowest BCUT2D eigenvalue weighted by molar-refractivity contribution is 0.599. The number of sulfonamides is 1. The van der Waals surface area contributed by atoms with Gasteiger partial charge < -0.3 is 4.98 Å². The van der Waals surface area contributed by atoms with Crippen molar-refractivity contribution in [1.82, 2.24) is 9.97 Å². The van der Waals surface area contributed by atoms with Crippen molar-refractivity contribution >= 4 is 26.6 Å². The molecule has 3 aromatic rings. The second-order valence-corrected chi connectivity index (χ2v) is 7.74. The summed E-state index contributed by atoms with van der Waals surface area (Å²) in [6, 6.07) is 13.7. The third-order valence-corrected chi connectivity index (χ3v) is 5.88. The zero-order valence-electron chi connectivity index (χ0n) is 14.3. The van der Waals surface area contributed by atoms with Crippen molar-refractivity contribution in [2.75, 3.05) is 0 Å². The van der Waals surface area contributed by atoms with E-state index in [1.165, 1.54) is 6.07 Å². The average Bonchev–Trinajstić information content (AvgIpc) is 2.94. The van der Waals surface area contributed by atoms with Crippen LogP contribution in [0.4, 0.5) is 0 Å². The molecule has 0 saturated carbocycles. The molecule has 0 spiro atoms. The van der Waals surface area contributed by atoms with Crippen LogP contribution in [0.25, 0.3) is 10.9 Å². The fourth-order valence-electron chi connectivity index (χ4n) is 3.15. The lowest BCUT2D eigenvalue weighted by atomic mass is 9.97. The minimum atomic E-state index is -3.86. The molecule has 134 valence electrons. The van der Waals surface area contributed by atoms with Crippen LogP contribution in [-0.4, -0.2) is 24.1 Å². The number of aromatic amines is 1. The van der Waals surface area contributed by atoms with Crippen molar-refractivity contribution in [3.05, 3.63) is 69.8 Å². The second kappa shape index (κ2) is 6.14. The smallest absolute Gasteiger partial charge is 0.283 e. The topological polar surface area (TPSA) is 116 Å². The lowest BCUT2D eigenvalue weighted by Crippen LogP contribution is -2.19. The number of aromatic nitrogens is 2. The highest BCUT2D eigenvalue weighted by Crippen LogP contribution is 2.31. The van der Waals surface area contributed by atoms with Crippen LogP contribution in [0.15, 0.2) is 56.6 Å². The number of benzene rings is 2. The Labute approximate surface area is 155 Å². The first kappa shape index (κ1) is 17.1. The molecule has 27 heavy (non-hydrogen) atoms. The maximum Gasteiger partial charge on any atom is 0.283 e. The van der Waals surface area contributed by atoms with Gasteiger partial charge in [0.1, 0.15) is 11.7 Å². The molecule has 8 heteroatoms. The minimum Gasteiger partial charge on any atom is -0.309 e. The van der Waals surface area contributed by atoms with Gasteiger partial charge in [-0.1, -0.05) is 31.2 Å². The Morgan fingerprint density at radius 3 is 2.74 bits per heavy atom. The molecule has 1 N–H and O–H groups in total. The molecule has 1 atom stereocenters. The molecule has 0 bridgehead atoms. The first-order chi connectivity index (χ1) is 12.9. The Morgan fingerprint density at radius 2 is 2.00 bits per heavy atom. The summed E-state index contributed by atoms with van der Waals surface area (Å²) in [6.07, 6.45) is 0.781. The molecule has 0 aliphatic carbocycles. The molecule has 0 fully saturated rings. The maximum atomic E-state index is 12.5. The first-order valence-electron chi connectivity index (χ1n) is 8.31. The summed E-state index contributed by atoms with van der Waals surface area (Å²) in [5.41, 5.74) is 1.50. The predicted octanol–water partition coefficient (Wildman–Crippen LogP) is 2.28. The normalized spacial score (nSPS) is 15.8. The van der Waals surface area contributed by atoms with Gasteiger partial charge in [-0.25, -0.2) is 4.98 Å². The van der Waals surface area contributed by atoms with Crippen LogP contribution in [-0.2, 0) is 16.4 Å². The quantitative estimate of drug-likeness (QED) is 0.750. The van der Waals surface area contributed by atoms with E-state index in [0.29, 0.717) is 16.5 Å². The number of H-pyrrole nitrogens is 1. The molecule has 1 aliphatic rings. The van der Waals surface area contributed by atoms with Gasteiger partial charge in [-0.3, -0.25) is 4.79 Å². The third kappa shape index (κ3) is 2.73. The Kier molecular flexibility index (Phi) is 3.89. The highest BCUT2D eigenvalue weighted by atomic mass is 32.2. The van der Waals surface area contributed by atoms with Crippen molar-refractivity contribution in [2.24, 2.45) is 4.40 Å². The number of nitrogens with one attached hydrogen (secondary N) is 1. The van der Waals surface area contributed by atoms with Gasteiger partial charge in [-0.05, 0) is 30.2 Å². The summed E-state index contributed by atoms with van der Waals surface area (Å²) in [5, 5.41) is 10.1. The van der Waals surface area contributed by atoms with Gasteiger partial charge in [0.15, 0.2) is 0 Å². The van der Waals surface area contributed by atoms with Crippen molar-refractivity contribution < 1.29 is 8.42 Å². The molecule has 0 saturated heterocycles. The zero-order chi connectivity index (χ0) is 19.2. The van der Waals surface area contributed by atoms with Crippen molar-refractivity contribution in [3.8, 4) is 6.07 Å². The number of fused-ring (bicyclic) bond motifs is 2. The van der Waals surface area contributed by atoms with E-state index in [1.54, 1.807) is 30.3 Å². The summed E-state index contributed by atoms with van der Waals surface area (Å²) in [7, 11) is -3.86. The molecule has 0 unspecified atom stereocenters. The molecule has 2 heterocycles. The standard InChI is InChI=1S/C19H14N4O3S/c1-2-11-7-8-15-13(9-11)19(24)22-18(21-15)14(10-20)17-12-5-3-4-6-16(12)27(25,26)23-17/h3-9,14H,2H2,1H3,(H,21,22,24)/t14-/m0/s1. The van der Waals surface area contributed by atoms with E-state index in [1.807, 2.05) is 19.1 Å². The number of hydrogen-bond acceptors (Lipinski definition) is 5. The number of aryl methyl sites for hydroxylation is 1. The number of rotatable bonds is 3. The van der Waals surface area contributed by atoms with Crippen molar-refractivity contribution in [3.63, 3.8) is 0 Å². The molecule has 0 amide bonds. The van der Waals surface area contributed by atoms with E-state index in [0.717, 1.165) is 12.0 Å². The third-order valence-electron chi connectivity index (χ3n) is 4.53. The fraction of sp³-hybridized carbons (Fsp3) is 0.158. The molecule has 0 radical (unpaired) electrons. The Balaban J connectivity index is 1.90. The molecule has 1 aliphatic heterocycles. The van der Waals surface area contributed by atoms with Crippen LogP contribution >= 0.6 is 0 Å². The van der Waals surface area contributed by atoms with Gasteiger partial charge in [0.2, 0.25) is 0 Å².